The molecule has 0 aliphatic heterocycles. The number of halogens is 2. The number of hydrogen-bond acceptors (Lipinski definition) is 4. The van der Waals surface area contributed by atoms with Gasteiger partial charge >= 0.3 is 0 Å². The summed E-state index contributed by atoms with van der Waals surface area (Å²) >= 11 is 0. The summed E-state index contributed by atoms with van der Waals surface area (Å²) in [5, 5.41) is 30.2. The van der Waals surface area contributed by atoms with Crippen LogP contribution in [0.2, 0.25) is 0 Å². The number of phenols is 1. The molecular weight excluding hydrogens is 248 g/mol. The Labute approximate surface area is 102 Å². The molecule has 2 unspecified atom stereocenters. The van der Waals surface area contributed by atoms with Gasteiger partial charge in [0, 0.05) is 25.6 Å². The van der Waals surface area contributed by atoms with Gasteiger partial charge in [-0.15, -0.1) is 0 Å². The maximum Gasteiger partial charge on any atom is 0.216 e. The number of aliphatic hydroxyl groups is 2. The number of benzene rings is 1. The Morgan fingerprint density at radius 1 is 1.33 bits per heavy atom. The number of carbonyl (C=O) groups is 1. The van der Waals surface area contributed by atoms with Crippen LogP contribution in [0.3, 0.4) is 0 Å². The van der Waals surface area contributed by atoms with Crippen LogP contribution in [-0.4, -0.2) is 33.9 Å². The van der Waals surface area contributed by atoms with Crippen LogP contribution in [0, 0.1) is 11.6 Å². The Hall–Kier alpha value is -1.73. The van der Waals surface area contributed by atoms with Crippen LogP contribution in [-0.2, 0) is 4.79 Å². The minimum atomic E-state index is -1.85. The van der Waals surface area contributed by atoms with Gasteiger partial charge in [-0.25, -0.2) is 8.78 Å². The number of aliphatic hydroxyl groups excluding tert-OH is 2. The first-order chi connectivity index (χ1) is 8.32. The average Bonchev–Trinajstić information content (AvgIpc) is 2.24. The van der Waals surface area contributed by atoms with Gasteiger partial charge < -0.3 is 20.6 Å². The first-order valence-electron chi connectivity index (χ1n) is 5.11. The lowest BCUT2D eigenvalue weighted by Gasteiger charge is -2.19. The highest BCUT2D eigenvalue weighted by atomic mass is 19.1. The third-order valence-corrected chi connectivity index (χ3v) is 2.28. The van der Waals surface area contributed by atoms with Gasteiger partial charge in [0.2, 0.25) is 5.91 Å². The highest BCUT2D eigenvalue weighted by Crippen LogP contribution is 2.26. The SMILES string of the molecule is CC(=O)NCC(O)C(O)c1c(F)cc(O)cc1F. The summed E-state index contributed by atoms with van der Waals surface area (Å²) in [5.41, 5.74) is -0.759. The van der Waals surface area contributed by atoms with Crippen LogP contribution in [0.5, 0.6) is 5.75 Å². The monoisotopic (exact) mass is 261 g/mol. The van der Waals surface area contributed by atoms with Crippen molar-refractivity contribution in [2.24, 2.45) is 0 Å². The zero-order valence-corrected chi connectivity index (χ0v) is 9.52. The van der Waals surface area contributed by atoms with Crippen molar-refractivity contribution in [2.45, 2.75) is 19.1 Å². The highest BCUT2D eigenvalue weighted by molar-refractivity contribution is 5.72. The minimum absolute atomic E-state index is 0.351. The van der Waals surface area contributed by atoms with Crippen LogP contribution >= 0.6 is 0 Å². The van der Waals surface area contributed by atoms with Crippen LogP contribution in [0.1, 0.15) is 18.6 Å². The third kappa shape index (κ3) is 3.38. The fraction of sp³-hybridized carbons (Fsp3) is 0.364. The summed E-state index contributed by atoms with van der Waals surface area (Å²) in [6.45, 7) is 0.844. The van der Waals surface area contributed by atoms with E-state index in [2.05, 4.69) is 5.32 Å². The Kier molecular flexibility index (Phi) is 4.57. The van der Waals surface area contributed by atoms with Crippen molar-refractivity contribution in [3.63, 3.8) is 0 Å². The molecule has 0 heterocycles. The Bertz CT molecular complexity index is 430. The number of amides is 1. The van der Waals surface area contributed by atoms with E-state index in [1.165, 1.54) is 6.92 Å². The van der Waals surface area contributed by atoms with Gasteiger partial charge in [0.25, 0.3) is 0 Å². The molecule has 0 aliphatic rings. The van der Waals surface area contributed by atoms with Crippen LogP contribution in [0.4, 0.5) is 8.78 Å². The van der Waals surface area contributed by atoms with Crippen molar-refractivity contribution in [3.05, 3.63) is 29.3 Å². The molecule has 0 saturated heterocycles. The van der Waals surface area contributed by atoms with Crippen molar-refractivity contribution in [1.29, 1.82) is 0 Å². The van der Waals surface area contributed by atoms with E-state index in [9.17, 15) is 23.8 Å². The molecule has 0 bridgehead atoms. The van der Waals surface area contributed by atoms with Crippen molar-refractivity contribution in [1.82, 2.24) is 5.32 Å². The topological polar surface area (TPSA) is 89.8 Å². The smallest absolute Gasteiger partial charge is 0.216 e. The standard InChI is InChI=1S/C11H13F2NO4/c1-5(15)14-4-9(17)11(18)10-7(12)2-6(16)3-8(10)13/h2-3,9,11,16-18H,4H2,1H3,(H,14,15). The van der Waals surface area contributed by atoms with Gasteiger partial charge in [-0.3, -0.25) is 4.79 Å². The Morgan fingerprint density at radius 3 is 2.28 bits per heavy atom. The molecule has 100 valence electrons. The molecule has 1 amide bonds. The van der Waals surface area contributed by atoms with Crippen LogP contribution in [0.25, 0.3) is 0 Å². The molecule has 0 fully saturated rings. The van der Waals surface area contributed by atoms with Crippen molar-refractivity contribution >= 4 is 5.91 Å². The number of nitrogens with one attached hydrogen (secondary N) is 1. The van der Waals surface area contributed by atoms with Crippen LogP contribution in [0.15, 0.2) is 12.1 Å². The van der Waals surface area contributed by atoms with Gasteiger partial charge in [0.15, 0.2) is 0 Å². The molecule has 0 aliphatic carbocycles. The molecule has 5 nitrogen and oxygen atoms in total. The predicted molar refractivity (Wildman–Crippen MR) is 57.7 cm³/mol. The number of hydrogen-bond donors (Lipinski definition) is 4. The first-order valence-corrected chi connectivity index (χ1v) is 5.11. The lowest BCUT2D eigenvalue weighted by atomic mass is 10.0. The number of aromatic hydroxyl groups is 1. The van der Waals surface area contributed by atoms with Gasteiger partial charge in [-0.1, -0.05) is 0 Å². The zero-order chi connectivity index (χ0) is 13.9. The maximum atomic E-state index is 13.4. The summed E-state index contributed by atoms with van der Waals surface area (Å²) in [7, 11) is 0. The molecule has 18 heavy (non-hydrogen) atoms. The fourth-order valence-electron chi connectivity index (χ4n) is 1.41. The van der Waals surface area contributed by atoms with Gasteiger partial charge in [-0.05, 0) is 0 Å². The zero-order valence-electron chi connectivity index (χ0n) is 9.52. The van der Waals surface area contributed by atoms with Crippen molar-refractivity contribution in [2.75, 3.05) is 6.54 Å². The third-order valence-electron chi connectivity index (χ3n) is 2.28. The average molecular weight is 261 g/mol. The second-order valence-electron chi connectivity index (χ2n) is 3.77. The Balaban J connectivity index is 2.89. The van der Waals surface area contributed by atoms with Crippen molar-refractivity contribution < 1.29 is 28.9 Å². The summed E-state index contributed by atoms with van der Waals surface area (Å²) in [6, 6.07) is 1.24. The van der Waals surface area contributed by atoms with E-state index in [-0.39, 0.29) is 6.54 Å². The first kappa shape index (κ1) is 14.3. The summed E-state index contributed by atoms with van der Waals surface area (Å²) in [4.78, 5) is 10.6. The highest BCUT2D eigenvalue weighted by Gasteiger charge is 2.25. The van der Waals surface area contributed by atoms with E-state index in [1.807, 2.05) is 0 Å². The van der Waals surface area contributed by atoms with Crippen molar-refractivity contribution in [3.8, 4) is 5.75 Å². The van der Waals surface area contributed by atoms with E-state index in [1.54, 1.807) is 0 Å². The van der Waals surface area contributed by atoms with Crippen LogP contribution < -0.4 is 5.32 Å². The summed E-state index contributed by atoms with van der Waals surface area (Å²) in [5.74, 6) is -3.44. The molecule has 0 saturated carbocycles. The quantitative estimate of drug-likeness (QED) is 0.623. The molecule has 1 aromatic rings. The summed E-state index contributed by atoms with van der Waals surface area (Å²) in [6.07, 6.45) is -3.42. The molecule has 2 atom stereocenters. The fourth-order valence-corrected chi connectivity index (χ4v) is 1.41. The molecule has 0 spiro atoms. The lowest BCUT2D eigenvalue weighted by molar-refractivity contribution is -0.119. The van der Waals surface area contributed by atoms with E-state index in [0.29, 0.717) is 12.1 Å². The molecule has 0 aromatic heterocycles. The van der Waals surface area contributed by atoms with E-state index >= 15 is 0 Å². The Morgan fingerprint density at radius 2 is 1.83 bits per heavy atom. The number of carbonyl (C=O) groups excluding carboxylic acids is 1. The van der Waals surface area contributed by atoms with E-state index in [4.69, 9.17) is 5.11 Å². The molecule has 1 rings (SSSR count). The van der Waals surface area contributed by atoms with Gasteiger partial charge in [0.1, 0.15) is 29.6 Å². The maximum absolute atomic E-state index is 13.4. The molecule has 0 radical (unpaired) electrons. The normalized spacial score (nSPS) is 14.1. The summed E-state index contributed by atoms with van der Waals surface area (Å²) < 4.78 is 26.7. The number of rotatable bonds is 4. The predicted octanol–water partition coefficient (Wildman–Crippen LogP) is 0.201. The largest absolute Gasteiger partial charge is 0.508 e. The van der Waals surface area contributed by atoms with Gasteiger partial charge in [-0.2, -0.15) is 0 Å². The molecular formula is C11H13F2NO4. The van der Waals surface area contributed by atoms with E-state index in [0.717, 1.165) is 0 Å². The van der Waals surface area contributed by atoms with Gasteiger partial charge in [0.05, 0.1) is 5.56 Å². The minimum Gasteiger partial charge on any atom is -0.508 e. The molecule has 7 heteroatoms. The second-order valence-corrected chi connectivity index (χ2v) is 3.77. The molecule has 1 aromatic carbocycles. The number of phenolic OH excluding ortho intramolecular Hbond substituents is 1. The lowest BCUT2D eigenvalue weighted by Crippen LogP contribution is -2.34. The van der Waals surface area contributed by atoms with E-state index < -0.39 is 41.1 Å². The second kappa shape index (κ2) is 5.74. The molecule has 4 N–H and O–H groups in total.